The number of aliphatic hydroxyl groups is 2. The summed E-state index contributed by atoms with van der Waals surface area (Å²) < 4.78 is 5.68. The normalized spacial score (nSPS) is 12.4. The number of amides is 2. The molecule has 0 saturated heterocycles. The Bertz CT molecular complexity index is 771. The van der Waals surface area contributed by atoms with Crippen LogP contribution in [0.2, 0.25) is 10.0 Å². The van der Waals surface area contributed by atoms with E-state index >= 15 is 0 Å². The molecule has 0 aliphatic carbocycles. The van der Waals surface area contributed by atoms with E-state index in [1.54, 1.807) is 23.1 Å². The van der Waals surface area contributed by atoms with Crippen LogP contribution >= 0.6 is 23.2 Å². The molecule has 0 saturated carbocycles. The monoisotopic (exact) mass is 539 g/mol. The first kappa shape index (κ1) is 32.7. The minimum absolute atomic E-state index is 0.0742. The summed E-state index contributed by atoms with van der Waals surface area (Å²) in [6.07, 6.45) is -4.53. The van der Waals surface area contributed by atoms with Gasteiger partial charge in [0.05, 0.1) is 6.54 Å². The average Bonchev–Trinajstić information content (AvgIpc) is 2.77. The number of carboxylic acid groups (broad SMARTS) is 2. The summed E-state index contributed by atoms with van der Waals surface area (Å²) in [5.41, 5.74) is 0. The van der Waals surface area contributed by atoms with Gasteiger partial charge in [0, 0.05) is 29.2 Å². The third kappa shape index (κ3) is 13.4. The van der Waals surface area contributed by atoms with Crippen molar-refractivity contribution in [1.29, 1.82) is 0 Å². The Morgan fingerprint density at radius 1 is 0.943 bits per heavy atom. The summed E-state index contributed by atoms with van der Waals surface area (Å²) in [7, 11) is 0. The fourth-order valence-corrected chi connectivity index (χ4v) is 3.21. The van der Waals surface area contributed by atoms with Gasteiger partial charge in [-0.3, -0.25) is 0 Å². The molecule has 0 aliphatic rings. The van der Waals surface area contributed by atoms with E-state index in [9.17, 15) is 14.4 Å². The lowest BCUT2D eigenvalue weighted by molar-refractivity contribution is -0.165. The maximum atomic E-state index is 12.4. The quantitative estimate of drug-likeness (QED) is 0.252. The van der Waals surface area contributed by atoms with Crippen molar-refractivity contribution < 1.29 is 39.5 Å². The standard InChI is InChI=1S/C18H29Cl2N3O2.C4H6O6/c1-5-22(6-2)8-7-21-18(24)23(14(3)4)9-10-25-17-12-15(19)11-16(20)13-17;5-1(3(7)8)2(6)4(9)10/h11-14H,5-10H2,1-4H3,(H,21,24);1-2,5-6H,(H,7,8)(H,9,10). The van der Waals surface area contributed by atoms with Crippen LogP contribution in [0, 0.1) is 0 Å². The van der Waals surface area contributed by atoms with E-state index in [1.807, 2.05) is 13.8 Å². The van der Waals surface area contributed by atoms with Crippen LogP contribution in [0.25, 0.3) is 0 Å². The molecule has 200 valence electrons. The molecule has 0 fully saturated rings. The van der Waals surface area contributed by atoms with Gasteiger partial charge >= 0.3 is 18.0 Å². The van der Waals surface area contributed by atoms with Crippen LogP contribution in [0.1, 0.15) is 27.7 Å². The molecule has 2 atom stereocenters. The van der Waals surface area contributed by atoms with Crippen LogP contribution in [0.5, 0.6) is 5.75 Å². The number of nitrogens with one attached hydrogen (secondary N) is 1. The number of likely N-dealkylation sites (N-methyl/N-ethyl adjacent to an activating group) is 1. The molecular weight excluding hydrogens is 505 g/mol. The van der Waals surface area contributed by atoms with Crippen LogP contribution in [0.4, 0.5) is 4.79 Å². The van der Waals surface area contributed by atoms with Crippen LogP contribution in [-0.2, 0) is 9.59 Å². The van der Waals surface area contributed by atoms with Crippen molar-refractivity contribution in [2.24, 2.45) is 0 Å². The highest BCUT2D eigenvalue weighted by Gasteiger charge is 2.29. The van der Waals surface area contributed by atoms with Gasteiger partial charge in [-0.05, 0) is 45.1 Å². The van der Waals surface area contributed by atoms with E-state index in [0.29, 0.717) is 35.5 Å². The minimum Gasteiger partial charge on any atom is -0.492 e. The number of halogens is 2. The van der Waals surface area contributed by atoms with Crippen LogP contribution in [0.15, 0.2) is 18.2 Å². The van der Waals surface area contributed by atoms with Crippen molar-refractivity contribution in [2.45, 2.75) is 45.9 Å². The average molecular weight is 540 g/mol. The number of aliphatic carboxylic acids is 2. The molecule has 0 radical (unpaired) electrons. The smallest absolute Gasteiger partial charge is 0.335 e. The van der Waals surface area contributed by atoms with Crippen LogP contribution in [-0.4, -0.2) is 106 Å². The lowest BCUT2D eigenvalue weighted by Crippen LogP contribution is -2.47. The molecule has 11 nitrogen and oxygen atoms in total. The van der Waals surface area contributed by atoms with E-state index in [-0.39, 0.29) is 12.1 Å². The molecule has 13 heteroatoms. The molecule has 2 amide bonds. The lowest BCUT2D eigenvalue weighted by atomic mass is 10.2. The molecule has 1 rings (SSSR count). The molecule has 35 heavy (non-hydrogen) atoms. The van der Waals surface area contributed by atoms with Crippen molar-refractivity contribution in [3.05, 3.63) is 28.2 Å². The van der Waals surface area contributed by atoms with Crippen molar-refractivity contribution >= 4 is 41.2 Å². The summed E-state index contributed by atoms with van der Waals surface area (Å²) in [5, 5.41) is 36.6. The second-order valence-corrected chi connectivity index (χ2v) is 8.44. The second-order valence-electron chi connectivity index (χ2n) is 7.57. The number of rotatable bonds is 13. The Labute approximate surface area is 215 Å². The fraction of sp³-hybridized carbons (Fsp3) is 0.591. The third-order valence-electron chi connectivity index (χ3n) is 4.72. The van der Waals surface area contributed by atoms with Gasteiger partial charge in [0.15, 0.2) is 12.2 Å². The number of aliphatic hydroxyl groups excluding tert-OH is 2. The first-order chi connectivity index (χ1) is 16.3. The van der Waals surface area contributed by atoms with E-state index in [1.165, 1.54) is 0 Å². The molecule has 2 unspecified atom stereocenters. The van der Waals surface area contributed by atoms with Crippen molar-refractivity contribution in [3.63, 3.8) is 0 Å². The highest BCUT2D eigenvalue weighted by molar-refractivity contribution is 6.34. The van der Waals surface area contributed by atoms with Gasteiger partial charge < -0.3 is 40.3 Å². The van der Waals surface area contributed by atoms with Gasteiger partial charge in [-0.25, -0.2) is 14.4 Å². The summed E-state index contributed by atoms with van der Waals surface area (Å²) in [4.78, 5) is 36.0. The number of nitrogens with zero attached hydrogens (tertiary/aromatic N) is 2. The number of urea groups is 1. The minimum atomic E-state index is -2.27. The van der Waals surface area contributed by atoms with Gasteiger partial charge in [-0.15, -0.1) is 0 Å². The molecule has 0 spiro atoms. The Balaban J connectivity index is 0.000000972. The molecule has 1 aromatic carbocycles. The number of benzene rings is 1. The topological polar surface area (TPSA) is 160 Å². The number of hydrogen-bond donors (Lipinski definition) is 5. The number of hydrogen-bond acceptors (Lipinski definition) is 7. The number of carbonyl (C=O) groups is 3. The first-order valence-electron chi connectivity index (χ1n) is 11.0. The molecule has 5 N–H and O–H groups in total. The van der Waals surface area contributed by atoms with Crippen molar-refractivity contribution in [1.82, 2.24) is 15.1 Å². The molecule has 0 heterocycles. The Morgan fingerprint density at radius 2 is 1.43 bits per heavy atom. The molecule has 0 aliphatic heterocycles. The summed E-state index contributed by atoms with van der Waals surface area (Å²) >= 11 is 11.9. The van der Waals surface area contributed by atoms with Crippen molar-refractivity contribution in [3.8, 4) is 5.75 Å². The highest BCUT2D eigenvalue weighted by Crippen LogP contribution is 2.24. The SMILES string of the molecule is CCN(CC)CCNC(=O)N(CCOc1cc(Cl)cc(Cl)c1)C(C)C.O=C(O)C(O)C(O)C(=O)O. The zero-order chi connectivity index (χ0) is 27.1. The predicted molar refractivity (Wildman–Crippen MR) is 132 cm³/mol. The van der Waals surface area contributed by atoms with E-state index in [4.69, 9.17) is 48.4 Å². The summed E-state index contributed by atoms with van der Waals surface area (Å²) in [6.45, 7) is 12.5. The molecule has 1 aromatic rings. The molecule has 0 aromatic heterocycles. The largest absolute Gasteiger partial charge is 0.492 e. The maximum Gasteiger partial charge on any atom is 0.335 e. The van der Waals surface area contributed by atoms with Gasteiger partial charge in [-0.1, -0.05) is 37.0 Å². The van der Waals surface area contributed by atoms with Gasteiger partial charge in [0.2, 0.25) is 0 Å². The molecule has 0 bridgehead atoms. The van der Waals surface area contributed by atoms with Gasteiger partial charge in [0.25, 0.3) is 0 Å². The zero-order valence-corrected chi connectivity index (χ0v) is 21.8. The highest BCUT2D eigenvalue weighted by atomic mass is 35.5. The van der Waals surface area contributed by atoms with Crippen LogP contribution in [0.3, 0.4) is 0 Å². The predicted octanol–water partition coefficient (Wildman–Crippen LogP) is 2.01. The Hall–Kier alpha value is -2.31. The number of carbonyl (C=O) groups excluding carboxylic acids is 1. The van der Waals surface area contributed by atoms with E-state index < -0.39 is 24.1 Å². The van der Waals surface area contributed by atoms with E-state index in [0.717, 1.165) is 19.6 Å². The number of ether oxygens (including phenoxy) is 1. The van der Waals surface area contributed by atoms with E-state index in [2.05, 4.69) is 24.1 Å². The first-order valence-corrected chi connectivity index (χ1v) is 11.8. The Kier molecular flexibility index (Phi) is 16.0. The lowest BCUT2D eigenvalue weighted by Gasteiger charge is -2.27. The summed E-state index contributed by atoms with van der Waals surface area (Å²) in [6, 6.07) is 5.07. The number of carboxylic acids is 2. The maximum absolute atomic E-state index is 12.4. The zero-order valence-electron chi connectivity index (χ0n) is 20.3. The molecular formula is C22H35Cl2N3O8. The fourth-order valence-electron chi connectivity index (χ4n) is 2.70. The van der Waals surface area contributed by atoms with Crippen molar-refractivity contribution in [2.75, 3.05) is 39.3 Å². The second kappa shape index (κ2) is 17.2. The van der Waals surface area contributed by atoms with Crippen LogP contribution < -0.4 is 10.1 Å². The van der Waals surface area contributed by atoms with Gasteiger partial charge in [-0.2, -0.15) is 0 Å². The Morgan fingerprint density at radius 3 is 1.83 bits per heavy atom. The summed E-state index contributed by atoms with van der Waals surface area (Å²) in [5.74, 6) is -2.94. The van der Waals surface area contributed by atoms with Gasteiger partial charge in [0.1, 0.15) is 12.4 Å². The third-order valence-corrected chi connectivity index (χ3v) is 5.16.